The Kier molecular flexibility index (Phi) is 5.44. The predicted molar refractivity (Wildman–Crippen MR) is 69.5 cm³/mol. The maximum absolute atomic E-state index is 12.1. The van der Waals surface area contributed by atoms with Crippen LogP contribution in [-0.4, -0.2) is 40.6 Å². The van der Waals surface area contributed by atoms with Gasteiger partial charge in [-0.1, -0.05) is 19.8 Å². The van der Waals surface area contributed by atoms with E-state index in [4.69, 9.17) is 5.11 Å². The van der Waals surface area contributed by atoms with Gasteiger partial charge in [-0.2, -0.15) is 0 Å². The fourth-order valence-corrected chi connectivity index (χ4v) is 2.67. The molecule has 1 rings (SSSR count). The second kappa shape index (κ2) is 6.61. The van der Waals surface area contributed by atoms with Crippen LogP contribution in [-0.2, 0) is 4.79 Å². The zero-order valence-corrected chi connectivity index (χ0v) is 11.4. The molecule has 1 aliphatic carbocycles. The fourth-order valence-electron chi connectivity index (χ4n) is 2.67. The molecule has 104 valence electrons. The van der Waals surface area contributed by atoms with Gasteiger partial charge in [-0.25, -0.2) is 4.79 Å². The van der Waals surface area contributed by atoms with Gasteiger partial charge in [-0.05, 0) is 26.2 Å². The van der Waals surface area contributed by atoms with Crippen LogP contribution in [0.5, 0.6) is 0 Å². The van der Waals surface area contributed by atoms with Crippen LogP contribution in [0.15, 0.2) is 0 Å². The molecule has 0 atom stereocenters. The van der Waals surface area contributed by atoms with Crippen molar-refractivity contribution in [3.05, 3.63) is 0 Å². The highest BCUT2D eigenvalue weighted by Crippen LogP contribution is 2.32. The minimum absolute atomic E-state index is 0.0302. The van der Waals surface area contributed by atoms with E-state index in [1.807, 2.05) is 13.8 Å². The lowest BCUT2D eigenvalue weighted by Gasteiger charge is -2.32. The second-order valence-corrected chi connectivity index (χ2v) is 5.07. The van der Waals surface area contributed by atoms with Crippen molar-refractivity contribution in [1.29, 1.82) is 0 Å². The average molecular weight is 256 g/mol. The number of amides is 2. The molecule has 18 heavy (non-hydrogen) atoms. The van der Waals surface area contributed by atoms with Crippen molar-refractivity contribution >= 4 is 12.0 Å². The molecule has 0 aromatic heterocycles. The van der Waals surface area contributed by atoms with Crippen LogP contribution in [0.3, 0.4) is 0 Å². The standard InChI is InChI=1S/C13H24N2O3/c1-3-9-15(4-2)12(18)14-13(10-11(16)17)7-5-6-8-13/h3-10H2,1-2H3,(H,14,18)(H,16,17). The largest absolute Gasteiger partial charge is 0.481 e. The molecule has 0 aliphatic heterocycles. The minimum Gasteiger partial charge on any atom is -0.481 e. The van der Waals surface area contributed by atoms with Gasteiger partial charge in [0.25, 0.3) is 0 Å². The van der Waals surface area contributed by atoms with Crippen molar-refractivity contribution in [2.45, 2.75) is 57.9 Å². The molecule has 0 bridgehead atoms. The Morgan fingerprint density at radius 1 is 1.28 bits per heavy atom. The first-order valence-electron chi connectivity index (χ1n) is 6.82. The van der Waals surface area contributed by atoms with Gasteiger partial charge < -0.3 is 15.3 Å². The van der Waals surface area contributed by atoms with Crippen molar-refractivity contribution in [3.8, 4) is 0 Å². The lowest BCUT2D eigenvalue weighted by Crippen LogP contribution is -2.53. The summed E-state index contributed by atoms with van der Waals surface area (Å²) in [5, 5.41) is 12.0. The first kappa shape index (κ1) is 14.8. The monoisotopic (exact) mass is 256 g/mol. The fraction of sp³-hybridized carbons (Fsp3) is 0.846. The van der Waals surface area contributed by atoms with Gasteiger partial charge in [0.1, 0.15) is 0 Å². The molecule has 0 aromatic carbocycles. The quantitative estimate of drug-likeness (QED) is 0.765. The number of nitrogens with zero attached hydrogens (tertiary/aromatic N) is 1. The molecule has 1 fully saturated rings. The summed E-state index contributed by atoms with van der Waals surface area (Å²) >= 11 is 0. The SMILES string of the molecule is CCCN(CC)C(=O)NC1(CC(=O)O)CCCC1. The lowest BCUT2D eigenvalue weighted by molar-refractivity contribution is -0.138. The van der Waals surface area contributed by atoms with Crippen molar-refractivity contribution < 1.29 is 14.7 Å². The van der Waals surface area contributed by atoms with Crippen molar-refractivity contribution in [1.82, 2.24) is 10.2 Å². The number of carbonyl (C=O) groups excluding carboxylic acids is 1. The summed E-state index contributed by atoms with van der Waals surface area (Å²) < 4.78 is 0. The van der Waals surface area contributed by atoms with E-state index in [1.165, 1.54) is 0 Å². The Labute approximate surface area is 109 Å². The summed E-state index contributed by atoms with van der Waals surface area (Å²) in [6, 6.07) is -0.123. The Hall–Kier alpha value is -1.26. The zero-order chi connectivity index (χ0) is 13.6. The third-order valence-electron chi connectivity index (χ3n) is 3.58. The summed E-state index contributed by atoms with van der Waals surface area (Å²) in [5.74, 6) is -0.837. The van der Waals surface area contributed by atoms with E-state index in [9.17, 15) is 9.59 Å². The van der Waals surface area contributed by atoms with Crippen LogP contribution >= 0.6 is 0 Å². The van der Waals surface area contributed by atoms with Crippen LogP contribution < -0.4 is 5.32 Å². The summed E-state index contributed by atoms with van der Waals surface area (Å²) in [6.07, 6.45) is 4.47. The molecule has 0 saturated heterocycles. The van der Waals surface area contributed by atoms with E-state index < -0.39 is 11.5 Å². The highest BCUT2D eigenvalue weighted by molar-refractivity contribution is 5.77. The molecular formula is C13H24N2O3. The van der Waals surface area contributed by atoms with Crippen LogP contribution in [0.2, 0.25) is 0 Å². The molecule has 5 nitrogen and oxygen atoms in total. The number of aliphatic carboxylic acids is 1. The summed E-state index contributed by atoms with van der Waals surface area (Å²) in [7, 11) is 0. The number of carboxylic acid groups (broad SMARTS) is 1. The second-order valence-electron chi connectivity index (χ2n) is 5.07. The molecule has 1 saturated carbocycles. The smallest absolute Gasteiger partial charge is 0.317 e. The van der Waals surface area contributed by atoms with Crippen molar-refractivity contribution in [2.75, 3.05) is 13.1 Å². The maximum Gasteiger partial charge on any atom is 0.317 e. The van der Waals surface area contributed by atoms with Gasteiger partial charge in [0.2, 0.25) is 0 Å². The molecule has 0 aromatic rings. The van der Waals surface area contributed by atoms with E-state index in [0.717, 1.165) is 32.1 Å². The Balaban J connectivity index is 2.65. The van der Waals surface area contributed by atoms with Crippen molar-refractivity contribution in [3.63, 3.8) is 0 Å². The number of urea groups is 1. The lowest BCUT2D eigenvalue weighted by atomic mass is 9.93. The summed E-state index contributed by atoms with van der Waals surface area (Å²) in [6.45, 7) is 5.33. The Morgan fingerprint density at radius 3 is 2.33 bits per heavy atom. The number of rotatable bonds is 6. The maximum atomic E-state index is 12.1. The summed E-state index contributed by atoms with van der Waals surface area (Å²) in [5.41, 5.74) is -0.524. The number of hydrogen-bond acceptors (Lipinski definition) is 2. The molecule has 0 unspecified atom stereocenters. The Bertz CT molecular complexity index is 299. The first-order valence-corrected chi connectivity index (χ1v) is 6.82. The summed E-state index contributed by atoms with van der Waals surface area (Å²) in [4.78, 5) is 24.8. The molecule has 0 radical (unpaired) electrons. The molecular weight excluding hydrogens is 232 g/mol. The van der Waals surface area contributed by atoms with E-state index in [2.05, 4.69) is 5.32 Å². The number of carboxylic acids is 1. The van der Waals surface area contributed by atoms with Gasteiger partial charge in [0, 0.05) is 13.1 Å². The molecule has 2 amide bonds. The minimum atomic E-state index is -0.837. The third kappa shape index (κ3) is 3.89. The van der Waals surface area contributed by atoms with Gasteiger partial charge in [0.15, 0.2) is 0 Å². The van der Waals surface area contributed by atoms with Crippen molar-refractivity contribution in [2.24, 2.45) is 0 Å². The number of carbonyl (C=O) groups is 2. The predicted octanol–water partition coefficient (Wildman–Crippen LogP) is 2.22. The zero-order valence-electron chi connectivity index (χ0n) is 11.4. The van der Waals surface area contributed by atoms with E-state index in [0.29, 0.717) is 13.1 Å². The average Bonchev–Trinajstić information content (AvgIpc) is 2.72. The number of hydrogen-bond donors (Lipinski definition) is 2. The normalized spacial score (nSPS) is 17.4. The van der Waals surface area contributed by atoms with E-state index in [1.54, 1.807) is 4.90 Å². The van der Waals surface area contributed by atoms with Crippen LogP contribution in [0.1, 0.15) is 52.4 Å². The molecule has 2 N–H and O–H groups in total. The van der Waals surface area contributed by atoms with Crippen LogP contribution in [0.25, 0.3) is 0 Å². The van der Waals surface area contributed by atoms with Gasteiger partial charge in [0.05, 0.1) is 12.0 Å². The highest BCUT2D eigenvalue weighted by atomic mass is 16.4. The number of nitrogens with one attached hydrogen (secondary N) is 1. The van der Waals surface area contributed by atoms with E-state index >= 15 is 0 Å². The Morgan fingerprint density at radius 2 is 1.89 bits per heavy atom. The third-order valence-corrected chi connectivity index (χ3v) is 3.58. The van der Waals surface area contributed by atoms with Gasteiger partial charge in [-0.15, -0.1) is 0 Å². The van der Waals surface area contributed by atoms with Crippen LogP contribution in [0, 0.1) is 0 Å². The van der Waals surface area contributed by atoms with Gasteiger partial charge >= 0.3 is 12.0 Å². The highest BCUT2D eigenvalue weighted by Gasteiger charge is 2.38. The van der Waals surface area contributed by atoms with Gasteiger partial charge in [-0.3, -0.25) is 4.79 Å². The molecule has 0 spiro atoms. The van der Waals surface area contributed by atoms with E-state index in [-0.39, 0.29) is 12.5 Å². The van der Waals surface area contributed by atoms with Crippen LogP contribution in [0.4, 0.5) is 4.79 Å². The molecule has 0 heterocycles. The molecule has 5 heteroatoms. The topological polar surface area (TPSA) is 69.6 Å². The molecule has 1 aliphatic rings. The first-order chi connectivity index (χ1) is 8.53.